The van der Waals surface area contributed by atoms with Gasteiger partial charge >= 0.3 is 0 Å². The van der Waals surface area contributed by atoms with Crippen LogP contribution in [0.1, 0.15) is 12.5 Å². The third-order valence-corrected chi connectivity index (χ3v) is 2.87. The van der Waals surface area contributed by atoms with Gasteiger partial charge in [0, 0.05) is 0 Å². The summed E-state index contributed by atoms with van der Waals surface area (Å²) in [6.45, 7) is 1.46. The molecule has 0 radical (unpaired) electrons. The molecule has 1 aliphatic carbocycles. The predicted octanol–water partition coefficient (Wildman–Crippen LogP) is 1.98. The summed E-state index contributed by atoms with van der Waals surface area (Å²) in [5.41, 5.74) is 0.950. The van der Waals surface area contributed by atoms with Gasteiger partial charge < -0.3 is 0 Å². The smallest absolute Gasteiger partial charge is 0.232 e. The largest absolute Gasteiger partial charge is 0.293 e. The van der Waals surface area contributed by atoms with Gasteiger partial charge in [-0.2, -0.15) is 0 Å². The Kier molecular flexibility index (Phi) is 3.33. The summed E-state index contributed by atoms with van der Waals surface area (Å²) >= 11 is 0. The number of Topliss-reactive ketones (excluding diaryl/α,β-unsaturated/α-hetero) is 3. The molecule has 1 unspecified atom stereocenters. The van der Waals surface area contributed by atoms with Crippen LogP contribution >= 0.6 is 0 Å². The lowest BCUT2D eigenvalue weighted by atomic mass is 10.1. The topological polar surface area (TPSA) is 51.2 Å². The number of carbonyl (C=O) groups is 3. The van der Waals surface area contributed by atoms with Crippen molar-refractivity contribution >= 4 is 23.4 Å². The van der Waals surface area contributed by atoms with E-state index >= 15 is 0 Å². The van der Waals surface area contributed by atoms with Crippen LogP contribution in [0, 0.1) is 5.92 Å². The molecule has 3 heteroatoms. The molecule has 0 aliphatic heterocycles. The molecular weight excluding hydrogens is 228 g/mol. The second kappa shape index (κ2) is 4.92. The molecule has 1 aromatic carbocycles. The fraction of sp³-hybridized carbons (Fsp3) is 0.133. The lowest BCUT2D eigenvalue weighted by molar-refractivity contribution is -0.135. The molecule has 0 amide bonds. The van der Waals surface area contributed by atoms with E-state index in [4.69, 9.17) is 0 Å². The fourth-order valence-electron chi connectivity index (χ4n) is 1.77. The van der Waals surface area contributed by atoms with Gasteiger partial charge in [-0.15, -0.1) is 0 Å². The number of hydrogen-bond donors (Lipinski definition) is 0. The van der Waals surface area contributed by atoms with Crippen LogP contribution in [0.2, 0.25) is 0 Å². The quantitative estimate of drug-likeness (QED) is 0.344. The highest BCUT2D eigenvalue weighted by Gasteiger charge is 2.41. The van der Waals surface area contributed by atoms with Crippen molar-refractivity contribution < 1.29 is 14.4 Å². The van der Waals surface area contributed by atoms with E-state index in [2.05, 4.69) is 0 Å². The van der Waals surface area contributed by atoms with Crippen molar-refractivity contribution in [2.45, 2.75) is 6.92 Å². The summed E-state index contributed by atoms with van der Waals surface area (Å²) < 4.78 is 0. The van der Waals surface area contributed by atoms with Crippen LogP contribution in [0.3, 0.4) is 0 Å². The zero-order valence-electron chi connectivity index (χ0n) is 9.92. The third-order valence-electron chi connectivity index (χ3n) is 2.87. The lowest BCUT2D eigenvalue weighted by Gasteiger charge is -1.92. The van der Waals surface area contributed by atoms with E-state index in [9.17, 15) is 14.4 Å². The van der Waals surface area contributed by atoms with Crippen molar-refractivity contribution in [1.29, 1.82) is 0 Å². The zero-order valence-corrected chi connectivity index (χ0v) is 9.92. The molecule has 18 heavy (non-hydrogen) atoms. The Hall–Kier alpha value is -2.29. The summed E-state index contributed by atoms with van der Waals surface area (Å²) in [6.07, 6.45) is 4.81. The molecule has 0 saturated heterocycles. The summed E-state index contributed by atoms with van der Waals surface area (Å²) in [4.78, 5) is 34.4. The number of ketones is 3. The molecule has 1 atom stereocenters. The minimum absolute atomic E-state index is 0.0142. The summed E-state index contributed by atoms with van der Waals surface area (Å²) in [5.74, 6) is -2.50. The molecule has 0 spiro atoms. The Labute approximate surface area is 105 Å². The Morgan fingerprint density at radius 1 is 1.00 bits per heavy atom. The van der Waals surface area contributed by atoms with Crippen LogP contribution in [-0.4, -0.2) is 17.3 Å². The van der Waals surface area contributed by atoms with E-state index in [1.807, 2.05) is 30.3 Å². The molecule has 1 aliphatic rings. The van der Waals surface area contributed by atoms with Gasteiger partial charge in [0.25, 0.3) is 0 Å². The zero-order chi connectivity index (χ0) is 13.1. The van der Waals surface area contributed by atoms with E-state index < -0.39 is 17.5 Å². The monoisotopic (exact) mass is 240 g/mol. The first-order valence-electron chi connectivity index (χ1n) is 5.67. The third kappa shape index (κ3) is 2.20. The standard InChI is InChI=1S/C15H12O3/c1-10-13(16)12(15(18)14(10)17)9-5-8-11-6-3-2-4-7-11/h2-10H,1H3/b8-5+,12-9-. The second-order valence-corrected chi connectivity index (χ2v) is 4.13. The Morgan fingerprint density at radius 3 is 2.22 bits per heavy atom. The first kappa shape index (κ1) is 12.2. The summed E-state index contributed by atoms with van der Waals surface area (Å²) in [5, 5.41) is 0. The molecule has 1 saturated carbocycles. The lowest BCUT2D eigenvalue weighted by Crippen LogP contribution is -2.12. The average Bonchev–Trinajstić information content (AvgIpc) is 2.57. The van der Waals surface area contributed by atoms with Crippen LogP contribution < -0.4 is 0 Å². The van der Waals surface area contributed by atoms with Gasteiger partial charge in [-0.25, -0.2) is 0 Å². The Morgan fingerprint density at radius 2 is 1.67 bits per heavy atom. The predicted molar refractivity (Wildman–Crippen MR) is 67.7 cm³/mol. The van der Waals surface area contributed by atoms with Crippen LogP contribution in [-0.2, 0) is 14.4 Å². The SMILES string of the molecule is CC1C(=O)C(=O)/C(=C\C=C\c2ccccc2)C1=O. The molecule has 90 valence electrons. The van der Waals surface area contributed by atoms with E-state index in [1.54, 1.807) is 12.2 Å². The van der Waals surface area contributed by atoms with E-state index in [1.165, 1.54) is 13.0 Å². The molecular formula is C15H12O3. The van der Waals surface area contributed by atoms with Crippen molar-refractivity contribution in [3.8, 4) is 0 Å². The van der Waals surface area contributed by atoms with Gasteiger partial charge in [-0.1, -0.05) is 42.5 Å². The summed E-state index contributed by atoms with van der Waals surface area (Å²) in [6, 6.07) is 9.50. The highest BCUT2D eigenvalue weighted by molar-refractivity contribution is 6.59. The number of allylic oxidation sites excluding steroid dienone is 3. The van der Waals surface area contributed by atoms with Gasteiger partial charge in [0.2, 0.25) is 11.6 Å². The first-order chi connectivity index (χ1) is 8.61. The van der Waals surface area contributed by atoms with Crippen molar-refractivity contribution in [3.05, 3.63) is 53.6 Å². The minimum Gasteiger partial charge on any atom is -0.293 e. The van der Waals surface area contributed by atoms with Crippen molar-refractivity contribution in [3.63, 3.8) is 0 Å². The van der Waals surface area contributed by atoms with Gasteiger partial charge in [0.15, 0.2) is 5.78 Å². The van der Waals surface area contributed by atoms with Gasteiger partial charge in [-0.3, -0.25) is 14.4 Å². The number of hydrogen-bond acceptors (Lipinski definition) is 3. The maximum Gasteiger partial charge on any atom is 0.232 e. The van der Waals surface area contributed by atoms with E-state index in [0.717, 1.165) is 5.56 Å². The van der Waals surface area contributed by atoms with Crippen molar-refractivity contribution in [2.75, 3.05) is 0 Å². The van der Waals surface area contributed by atoms with Gasteiger partial charge in [-0.05, 0) is 18.6 Å². The highest BCUT2D eigenvalue weighted by atomic mass is 16.2. The minimum atomic E-state index is -0.825. The van der Waals surface area contributed by atoms with Crippen LogP contribution in [0.15, 0.2) is 48.1 Å². The van der Waals surface area contributed by atoms with E-state index in [0.29, 0.717) is 0 Å². The Balaban J connectivity index is 2.20. The maximum atomic E-state index is 11.6. The van der Waals surface area contributed by atoms with Crippen LogP contribution in [0.4, 0.5) is 0 Å². The summed E-state index contributed by atoms with van der Waals surface area (Å²) in [7, 11) is 0. The first-order valence-corrected chi connectivity index (χ1v) is 5.67. The van der Waals surface area contributed by atoms with Gasteiger partial charge in [0.1, 0.15) is 0 Å². The highest BCUT2D eigenvalue weighted by Crippen LogP contribution is 2.20. The van der Waals surface area contributed by atoms with Crippen LogP contribution in [0.25, 0.3) is 6.08 Å². The number of benzene rings is 1. The molecule has 0 heterocycles. The molecule has 1 fully saturated rings. The van der Waals surface area contributed by atoms with E-state index in [-0.39, 0.29) is 11.4 Å². The fourth-order valence-corrected chi connectivity index (χ4v) is 1.77. The second-order valence-electron chi connectivity index (χ2n) is 4.13. The van der Waals surface area contributed by atoms with Gasteiger partial charge in [0.05, 0.1) is 11.5 Å². The average molecular weight is 240 g/mol. The number of rotatable bonds is 2. The molecule has 0 aromatic heterocycles. The molecule has 1 aromatic rings. The van der Waals surface area contributed by atoms with Crippen molar-refractivity contribution in [2.24, 2.45) is 5.92 Å². The molecule has 0 N–H and O–H groups in total. The molecule has 0 bridgehead atoms. The Bertz CT molecular complexity index is 565. The number of carbonyl (C=O) groups excluding carboxylic acids is 3. The maximum absolute atomic E-state index is 11.6. The van der Waals surface area contributed by atoms with Crippen LogP contribution in [0.5, 0.6) is 0 Å². The molecule has 2 rings (SSSR count). The molecule has 3 nitrogen and oxygen atoms in total. The normalized spacial score (nSPS) is 22.4. The van der Waals surface area contributed by atoms with Crippen molar-refractivity contribution in [1.82, 2.24) is 0 Å².